The van der Waals surface area contributed by atoms with Gasteiger partial charge < -0.3 is 10.6 Å². The van der Waals surface area contributed by atoms with Crippen LogP contribution >= 0.6 is 0 Å². The van der Waals surface area contributed by atoms with E-state index in [0.29, 0.717) is 25.2 Å². The predicted octanol–water partition coefficient (Wildman–Crippen LogP) is 0.892. The number of hydrogen-bond donors (Lipinski definition) is 2. The van der Waals surface area contributed by atoms with E-state index in [1.807, 2.05) is 7.05 Å². The smallest absolute Gasteiger partial charge is 0.234 e. The average Bonchev–Trinajstić information content (AvgIpc) is 3.15. The highest BCUT2D eigenvalue weighted by Crippen LogP contribution is 2.23. The lowest BCUT2D eigenvalue weighted by Crippen LogP contribution is -2.44. The van der Waals surface area contributed by atoms with Gasteiger partial charge >= 0.3 is 0 Å². The molecule has 0 bridgehead atoms. The first kappa shape index (κ1) is 15.3. The van der Waals surface area contributed by atoms with E-state index in [1.165, 1.54) is 12.8 Å². The van der Waals surface area contributed by atoms with E-state index in [2.05, 4.69) is 17.6 Å². The van der Waals surface area contributed by atoms with E-state index in [1.54, 1.807) is 4.90 Å². The number of nitrogens with one attached hydrogen (secondary N) is 2. The van der Waals surface area contributed by atoms with Crippen molar-refractivity contribution in [1.82, 2.24) is 15.5 Å². The lowest BCUT2D eigenvalue weighted by atomic mass is 9.87. The summed E-state index contributed by atoms with van der Waals surface area (Å²) in [6, 6.07) is 0.710. The van der Waals surface area contributed by atoms with Gasteiger partial charge in [0.15, 0.2) is 0 Å². The maximum Gasteiger partial charge on any atom is 0.234 e. The zero-order valence-electron chi connectivity index (χ0n) is 12.7. The van der Waals surface area contributed by atoms with Crippen molar-refractivity contribution in [1.29, 1.82) is 0 Å². The van der Waals surface area contributed by atoms with Crippen LogP contribution in [0, 0.1) is 5.92 Å². The van der Waals surface area contributed by atoms with Crippen LogP contribution in [0.15, 0.2) is 0 Å². The van der Waals surface area contributed by atoms with Crippen LogP contribution in [0.2, 0.25) is 0 Å². The number of carbonyl (C=O) groups is 2. The molecule has 114 valence electrons. The molecule has 2 saturated carbocycles. The Morgan fingerprint density at radius 2 is 1.30 bits per heavy atom. The zero-order chi connectivity index (χ0) is 14.5. The first-order valence-corrected chi connectivity index (χ1v) is 7.80. The molecule has 0 radical (unpaired) electrons. The highest BCUT2D eigenvalue weighted by molar-refractivity contribution is 5.81. The Kier molecular flexibility index (Phi) is 5.40. The summed E-state index contributed by atoms with van der Waals surface area (Å²) in [5.74, 6) is 0.845. The van der Waals surface area contributed by atoms with Gasteiger partial charge in [0.2, 0.25) is 11.8 Å². The van der Waals surface area contributed by atoms with Crippen molar-refractivity contribution in [2.45, 2.75) is 57.5 Å². The van der Waals surface area contributed by atoms with E-state index in [0.717, 1.165) is 31.6 Å². The van der Waals surface area contributed by atoms with Crippen LogP contribution in [0.25, 0.3) is 0 Å². The summed E-state index contributed by atoms with van der Waals surface area (Å²) in [4.78, 5) is 25.3. The third-order valence-corrected chi connectivity index (χ3v) is 4.15. The van der Waals surface area contributed by atoms with Crippen LogP contribution in [-0.2, 0) is 9.59 Å². The highest BCUT2D eigenvalue weighted by atomic mass is 16.2. The molecule has 0 aromatic rings. The Labute approximate surface area is 121 Å². The minimum Gasteiger partial charge on any atom is -0.352 e. The van der Waals surface area contributed by atoms with E-state index < -0.39 is 0 Å². The van der Waals surface area contributed by atoms with Crippen molar-refractivity contribution in [3.8, 4) is 0 Å². The molecule has 0 aromatic carbocycles. The Hall–Kier alpha value is -1.10. The van der Waals surface area contributed by atoms with Gasteiger partial charge in [0, 0.05) is 12.1 Å². The molecule has 0 spiro atoms. The van der Waals surface area contributed by atoms with E-state index in [9.17, 15) is 9.59 Å². The molecule has 2 rings (SSSR count). The summed E-state index contributed by atoms with van der Waals surface area (Å²) in [7, 11) is 1.81. The van der Waals surface area contributed by atoms with Gasteiger partial charge in [-0.3, -0.25) is 14.5 Å². The van der Waals surface area contributed by atoms with Crippen LogP contribution in [-0.4, -0.2) is 48.9 Å². The minimum atomic E-state index is 0.0225. The Balaban J connectivity index is 1.61. The van der Waals surface area contributed by atoms with E-state index in [4.69, 9.17) is 0 Å². The van der Waals surface area contributed by atoms with Gasteiger partial charge in [-0.25, -0.2) is 0 Å². The molecule has 2 amide bonds. The Bertz CT molecular complexity index is 347. The average molecular weight is 281 g/mol. The molecule has 0 heterocycles. The first-order chi connectivity index (χ1) is 9.52. The van der Waals surface area contributed by atoms with Crippen molar-refractivity contribution in [2.24, 2.45) is 5.92 Å². The maximum atomic E-state index is 11.9. The van der Waals surface area contributed by atoms with Crippen LogP contribution < -0.4 is 10.6 Å². The fraction of sp³-hybridized carbons (Fsp3) is 0.867. The molecule has 5 nitrogen and oxygen atoms in total. The second-order valence-corrected chi connectivity index (χ2v) is 6.54. The zero-order valence-corrected chi connectivity index (χ0v) is 12.7. The molecule has 2 aliphatic carbocycles. The lowest BCUT2D eigenvalue weighted by molar-refractivity contribution is -0.125. The Morgan fingerprint density at radius 1 is 0.900 bits per heavy atom. The Morgan fingerprint density at radius 3 is 1.70 bits per heavy atom. The number of nitrogens with zero attached hydrogens (tertiary/aromatic N) is 1. The fourth-order valence-electron chi connectivity index (χ4n) is 2.72. The lowest BCUT2D eigenvalue weighted by Gasteiger charge is -2.27. The van der Waals surface area contributed by atoms with Crippen molar-refractivity contribution in [3.63, 3.8) is 0 Å². The minimum absolute atomic E-state index is 0.0225. The third kappa shape index (κ3) is 5.49. The van der Waals surface area contributed by atoms with Crippen molar-refractivity contribution >= 4 is 11.8 Å². The molecule has 0 aliphatic heterocycles. The SMILES string of the molecule is CC1CCC(NC(=O)CN(C)CC(=O)NC2CC2)CC1. The molecule has 0 unspecified atom stereocenters. The van der Waals surface area contributed by atoms with Gasteiger partial charge in [-0.2, -0.15) is 0 Å². The predicted molar refractivity (Wildman–Crippen MR) is 78.2 cm³/mol. The molecule has 0 aromatic heterocycles. The number of hydrogen-bond acceptors (Lipinski definition) is 3. The molecule has 2 N–H and O–H groups in total. The number of amides is 2. The van der Waals surface area contributed by atoms with Crippen LogP contribution in [0.3, 0.4) is 0 Å². The van der Waals surface area contributed by atoms with Crippen LogP contribution in [0.4, 0.5) is 0 Å². The number of carbonyl (C=O) groups excluding carboxylic acids is 2. The fourth-order valence-corrected chi connectivity index (χ4v) is 2.72. The summed E-state index contributed by atoms with van der Waals surface area (Å²) in [5.41, 5.74) is 0. The van der Waals surface area contributed by atoms with E-state index >= 15 is 0 Å². The van der Waals surface area contributed by atoms with E-state index in [-0.39, 0.29) is 11.8 Å². The third-order valence-electron chi connectivity index (χ3n) is 4.15. The van der Waals surface area contributed by atoms with Gasteiger partial charge in [0.05, 0.1) is 13.1 Å². The normalized spacial score (nSPS) is 26.4. The summed E-state index contributed by atoms with van der Waals surface area (Å²) < 4.78 is 0. The van der Waals surface area contributed by atoms with Gasteiger partial charge in [-0.1, -0.05) is 6.92 Å². The monoisotopic (exact) mass is 281 g/mol. The molecule has 2 fully saturated rings. The van der Waals surface area contributed by atoms with Gasteiger partial charge in [-0.05, 0) is 51.5 Å². The first-order valence-electron chi connectivity index (χ1n) is 7.80. The summed E-state index contributed by atoms with van der Waals surface area (Å²) >= 11 is 0. The van der Waals surface area contributed by atoms with Gasteiger partial charge in [0.25, 0.3) is 0 Å². The van der Waals surface area contributed by atoms with Gasteiger partial charge in [0.1, 0.15) is 0 Å². The second kappa shape index (κ2) is 7.07. The molecule has 2 aliphatic rings. The summed E-state index contributed by atoms with van der Waals surface area (Å²) in [6.45, 7) is 2.86. The highest BCUT2D eigenvalue weighted by Gasteiger charge is 2.24. The maximum absolute atomic E-state index is 11.9. The second-order valence-electron chi connectivity index (χ2n) is 6.54. The largest absolute Gasteiger partial charge is 0.352 e. The van der Waals surface area contributed by atoms with Crippen LogP contribution in [0.5, 0.6) is 0 Å². The molecule has 0 atom stereocenters. The molecule has 5 heteroatoms. The molecular formula is C15H27N3O2. The molecule has 0 saturated heterocycles. The standard InChI is InChI=1S/C15H27N3O2/c1-11-3-5-12(6-4-11)16-14(19)9-18(2)10-15(20)17-13-7-8-13/h11-13H,3-10H2,1-2H3,(H,16,19)(H,17,20). The van der Waals surface area contributed by atoms with Crippen molar-refractivity contribution < 1.29 is 9.59 Å². The summed E-state index contributed by atoms with van der Waals surface area (Å²) in [5, 5.41) is 6.02. The number of rotatable bonds is 6. The van der Waals surface area contributed by atoms with Gasteiger partial charge in [-0.15, -0.1) is 0 Å². The van der Waals surface area contributed by atoms with Crippen molar-refractivity contribution in [2.75, 3.05) is 20.1 Å². The molecule has 20 heavy (non-hydrogen) atoms. The molecular weight excluding hydrogens is 254 g/mol. The topological polar surface area (TPSA) is 61.4 Å². The van der Waals surface area contributed by atoms with Crippen molar-refractivity contribution in [3.05, 3.63) is 0 Å². The number of likely N-dealkylation sites (N-methyl/N-ethyl adjacent to an activating group) is 1. The van der Waals surface area contributed by atoms with Crippen LogP contribution in [0.1, 0.15) is 45.4 Å². The summed E-state index contributed by atoms with van der Waals surface area (Å²) in [6.07, 6.45) is 6.75. The quantitative estimate of drug-likeness (QED) is 0.760.